The summed E-state index contributed by atoms with van der Waals surface area (Å²) >= 11 is 0. The summed E-state index contributed by atoms with van der Waals surface area (Å²) < 4.78 is 0. The van der Waals surface area contributed by atoms with Crippen molar-refractivity contribution in [2.75, 3.05) is 19.6 Å². The minimum Gasteiger partial charge on any atom is -0.480 e. The van der Waals surface area contributed by atoms with Crippen molar-refractivity contribution in [3.63, 3.8) is 0 Å². The molecule has 112 valence electrons. The number of hydrogen-bond acceptors (Lipinski definition) is 4. The molecule has 0 unspecified atom stereocenters. The van der Waals surface area contributed by atoms with Crippen LogP contribution in [0, 0.1) is 5.92 Å². The molecule has 2 rings (SSSR count). The predicted octanol–water partition coefficient (Wildman–Crippen LogP) is -0.709. The lowest BCUT2D eigenvalue weighted by Crippen LogP contribution is -2.47. The van der Waals surface area contributed by atoms with Crippen LogP contribution in [0.25, 0.3) is 0 Å². The average molecular weight is 284 g/mol. The smallest absolute Gasteiger partial charge is 0.326 e. The summed E-state index contributed by atoms with van der Waals surface area (Å²) in [6, 6.07) is -0.927. The van der Waals surface area contributed by atoms with Crippen molar-refractivity contribution >= 4 is 17.8 Å². The van der Waals surface area contributed by atoms with Crippen molar-refractivity contribution in [3.05, 3.63) is 0 Å². The number of rotatable bonds is 2. The van der Waals surface area contributed by atoms with E-state index in [-0.39, 0.29) is 30.7 Å². The number of piperidine rings is 1. The summed E-state index contributed by atoms with van der Waals surface area (Å²) in [6.45, 7) is 2.64. The van der Waals surface area contributed by atoms with Crippen LogP contribution in [0.15, 0.2) is 0 Å². The SMILES string of the molecule is CC(=O)N1CCC(C(=O)N2C[C@H](O)C[C@H]2C(=O)O)CC1. The summed E-state index contributed by atoms with van der Waals surface area (Å²) in [6.07, 6.45) is 0.430. The van der Waals surface area contributed by atoms with E-state index in [2.05, 4.69) is 0 Å². The van der Waals surface area contributed by atoms with Crippen LogP contribution in [0.4, 0.5) is 0 Å². The first-order chi connectivity index (χ1) is 9.40. The lowest BCUT2D eigenvalue weighted by Gasteiger charge is -2.33. The van der Waals surface area contributed by atoms with Crippen LogP contribution in [0.3, 0.4) is 0 Å². The molecule has 2 heterocycles. The second-order valence-corrected chi connectivity index (χ2v) is 5.51. The highest BCUT2D eigenvalue weighted by atomic mass is 16.4. The van der Waals surface area contributed by atoms with Gasteiger partial charge in [0, 0.05) is 38.9 Å². The number of β-amino-alcohol motifs (C(OH)–C–C–N with tert-alkyl or cyclic N) is 1. The van der Waals surface area contributed by atoms with E-state index in [1.807, 2.05) is 0 Å². The van der Waals surface area contributed by atoms with Gasteiger partial charge in [-0.2, -0.15) is 0 Å². The van der Waals surface area contributed by atoms with Crippen LogP contribution in [0.1, 0.15) is 26.2 Å². The van der Waals surface area contributed by atoms with Crippen LogP contribution >= 0.6 is 0 Å². The van der Waals surface area contributed by atoms with Crippen LogP contribution < -0.4 is 0 Å². The van der Waals surface area contributed by atoms with E-state index in [0.717, 1.165) is 0 Å². The number of carbonyl (C=O) groups excluding carboxylic acids is 2. The molecule has 0 bridgehead atoms. The van der Waals surface area contributed by atoms with Gasteiger partial charge in [-0.3, -0.25) is 9.59 Å². The molecule has 0 aliphatic carbocycles. The van der Waals surface area contributed by atoms with E-state index in [4.69, 9.17) is 5.11 Å². The predicted molar refractivity (Wildman–Crippen MR) is 68.7 cm³/mol. The molecular formula is C13H20N2O5. The fraction of sp³-hybridized carbons (Fsp3) is 0.769. The molecule has 0 aromatic carbocycles. The van der Waals surface area contributed by atoms with E-state index in [1.165, 1.54) is 11.8 Å². The molecule has 0 radical (unpaired) electrons. The largest absolute Gasteiger partial charge is 0.480 e. The average Bonchev–Trinajstić information content (AvgIpc) is 2.80. The minimum atomic E-state index is -1.07. The third-order valence-electron chi connectivity index (χ3n) is 4.14. The standard InChI is InChI=1S/C13H20N2O5/c1-8(16)14-4-2-9(3-5-14)12(18)15-7-10(17)6-11(15)13(19)20/h9-11,17H,2-7H2,1H3,(H,19,20)/t10-,11+/m1/s1. The van der Waals surface area contributed by atoms with Gasteiger partial charge in [0.25, 0.3) is 0 Å². The number of amides is 2. The Morgan fingerprint density at radius 3 is 2.25 bits per heavy atom. The first-order valence-corrected chi connectivity index (χ1v) is 6.87. The molecule has 2 amide bonds. The van der Waals surface area contributed by atoms with Crippen molar-refractivity contribution in [1.82, 2.24) is 9.80 Å². The van der Waals surface area contributed by atoms with Gasteiger partial charge in [-0.05, 0) is 12.8 Å². The Balaban J connectivity index is 1.98. The Morgan fingerprint density at radius 2 is 1.75 bits per heavy atom. The zero-order valence-electron chi connectivity index (χ0n) is 11.5. The molecule has 0 saturated carbocycles. The molecule has 2 fully saturated rings. The lowest BCUT2D eigenvalue weighted by molar-refractivity contribution is -0.151. The van der Waals surface area contributed by atoms with Gasteiger partial charge in [-0.1, -0.05) is 0 Å². The Hall–Kier alpha value is -1.63. The Labute approximate surface area is 117 Å². The number of likely N-dealkylation sites (tertiary alicyclic amines) is 2. The molecule has 0 spiro atoms. The maximum absolute atomic E-state index is 12.4. The summed E-state index contributed by atoms with van der Waals surface area (Å²) in [5.41, 5.74) is 0. The van der Waals surface area contributed by atoms with Crippen LogP contribution in [0.5, 0.6) is 0 Å². The van der Waals surface area contributed by atoms with E-state index < -0.39 is 18.1 Å². The molecule has 2 N–H and O–H groups in total. The number of carboxylic acids is 1. The molecular weight excluding hydrogens is 264 g/mol. The van der Waals surface area contributed by atoms with E-state index in [1.54, 1.807) is 4.90 Å². The number of carbonyl (C=O) groups is 3. The van der Waals surface area contributed by atoms with Gasteiger partial charge in [0.15, 0.2) is 0 Å². The Kier molecular flexibility index (Phi) is 4.27. The maximum Gasteiger partial charge on any atom is 0.326 e. The molecule has 0 aromatic heterocycles. The topological polar surface area (TPSA) is 98.2 Å². The lowest BCUT2D eigenvalue weighted by atomic mass is 9.95. The zero-order chi connectivity index (χ0) is 14.9. The molecule has 7 nitrogen and oxygen atoms in total. The van der Waals surface area contributed by atoms with Crippen molar-refractivity contribution < 1.29 is 24.6 Å². The maximum atomic E-state index is 12.4. The van der Waals surface area contributed by atoms with Crippen molar-refractivity contribution in [1.29, 1.82) is 0 Å². The summed E-state index contributed by atoms with van der Waals surface area (Å²) in [5.74, 6) is -1.54. The molecule has 2 atom stereocenters. The van der Waals surface area contributed by atoms with E-state index >= 15 is 0 Å². The number of aliphatic carboxylic acids is 1. The molecule has 7 heteroatoms. The van der Waals surface area contributed by atoms with Crippen molar-refractivity contribution in [2.45, 2.75) is 38.3 Å². The normalized spacial score (nSPS) is 27.7. The Bertz CT molecular complexity index is 417. The van der Waals surface area contributed by atoms with Gasteiger partial charge in [0.1, 0.15) is 6.04 Å². The van der Waals surface area contributed by atoms with Crippen LogP contribution in [-0.2, 0) is 14.4 Å². The number of aliphatic hydroxyl groups is 1. The molecule has 2 aliphatic heterocycles. The van der Waals surface area contributed by atoms with Gasteiger partial charge in [-0.15, -0.1) is 0 Å². The molecule has 0 aromatic rings. The second kappa shape index (κ2) is 5.78. The fourth-order valence-electron chi connectivity index (χ4n) is 2.97. The minimum absolute atomic E-state index is 0.00379. The molecule has 2 aliphatic rings. The third kappa shape index (κ3) is 2.92. The number of aliphatic hydroxyl groups excluding tert-OH is 1. The third-order valence-corrected chi connectivity index (χ3v) is 4.14. The number of nitrogens with zero attached hydrogens (tertiary/aromatic N) is 2. The number of hydrogen-bond donors (Lipinski definition) is 2. The first kappa shape index (κ1) is 14.8. The van der Waals surface area contributed by atoms with Gasteiger partial charge < -0.3 is 20.0 Å². The summed E-state index contributed by atoms with van der Waals surface area (Å²) in [4.78, 5) is 37.7. The van der Waals surface area contributed by atoms with E-state index in [9.17, 15) is 19.5 Å². The van der Waals surface area contributed by atoms with Gasteiger partial charge in [-0.25, -0.2) is 4.79 Å². The monoisotopic (exact) mass is 284 g/mol. The van der Waals surface area contributed by atoms with Crippen LogP contribution in [-0.4, -0.2) is 69.6 Å². The van der Waals surface area contributed by atoms with Crippen molar-refractivity contribution in [3.8, 4) is 0 Å². The van der Waals surface area contributed by atoms with Gasteiger partial charge >= 0.3 is 5.97 Å². The molecule has 20 heavy (non-hydrogen) atoms. The number of carboxylic acid groups (broad SMARTS) is 1. The highest BCUT2D eigenvalue weighted by Crippen LogP contribution is 2.25. The zero-order valence-corrected chi connectivity index (χ0v) is 11.5. The second-order valence-electron chi connectivity index (χ2n) is 5.51. The highest BCUT2D eigenvalue weighted by Gasteiger charge is 2.41. The van der Waals surface area contributed by atoms with Gasteiger partial charge in [0.05, 0.1) is 6.10 Å². The van der Waals surface area contributed by atoms with Crippen LogP contribution in [0.2, 0.25) is 0 Å². The van der Waals surface area contributed by atoms with E-state index in [0.29, 0.717) is 25.9 Å². The highest BCUT2D eigenvalue weighted by molar-refractivity contribution is 5.86. The van der Waals surface area contributed by atoms with Gasteiger partial charge in [0.2, 0.25) is 11.8 Å². The van der Waals surface area contributed by atoms with Crippen molar-refractivity contribution in [2.24, 2.45) is 5.92 Å². The first-order valence-electron chi connectivity index (χ1n) is 6.87. The Morgan fingerprint density at radius 1 is 1.15 bits per heavy atom. The summed E-state index contributed by atoms with van der Waals surface area (Å²) in [7, 11) is 0. The molecule has 2 saturated heterocycles. The summed E-state index contributed by atoms with van der Waals surface area (Å²) in [5, 5.41) is 18.7. The fourth-order valence-corrected chi connectivity index (χ4v) is 2.97. The quantitative estimate of drug-likeness (QED) is 0.698.